The lowest BCUT2D eigenvalue weighted by atomic mass is 10.2. The van der Waals surface area contributed by atoms with E-state index in [0.717, 1.165) is 20.9 Å². The molecule has 0 atom stereocenters. The Morgan fingerprint density at radius 3 is 2.45 bits per heavy atom. The molecule has 0 spiro atoms. The van der Waals surface area contributed by atoms with Crippen molar-refractivity contribution in [1.29, 1.82) is 0 Å². The first-order valence-electron chi connectivity index (χ1n) is 9.26. The molecule has 29 heavy (non-hydrogen) atoms. The van der Waals surface area contributed by atoms with Gasteiger partial charge in [-0.25, -0.2) is 4.98 Å². The average Bonchev–Trinajstić information content (AvgIpc) is 3.17. The fraction of sp³-hybridized carbons (Fsp3) is 0.130. The second kappa shape index (κ2) is 8.75. The highest BCUT2D eigenvalue weighted by Gasteiger charge is 2.08. The van der Waals surface area contributed by atoms with E-state index in [1.165, 1.54) is 0 Å². The van der Waals surface area contributed by atoms with Crippen LogP contribution in [0.25, 0.3) is 10.2 Å². The van der Waals surface area contributed by atoms with Crippen LogP contribution >= 0.6 is 11.3 Å². The predicted octanol–water partition coefficient (Wildman–Crippen LogP) is 5.67. The van der Waals surface area contributed by atoms with Crippen LogP contribution in [0.1, 0.15) is 11.4 Å². The quantitative estimate of drug-likeness (QED) is 0.431. The SMILES string of the molecule is COc1ccccc1Oc1ccc(NC(=O)CCc2nc3ccccc3s2)cc1. The molecule has 0 saturated heterocycles. The molecule has 146 valence electrons. The summed E-state index contributed by atoms with van der Waals surface area (Å²) in [5.74, 6) is 1.94. The second-order valence-corrected chi connectivity index (χ2v) is 7.52. The first-order valence-corrected chi connectivity index (χ1v) is 10.1. The fourth-order valence-electron chi connectivity index (χ4n) is 2.91. The number of aromatic nitrogens is 1. The fourth-order valence-corrected chi connectivity index (χ4v) is 3.87. The summed E-state index contributed by atoms with van der Waals surface area (Å²) in [5, 5.41) is 3.89. The van der Waals surface area contributed by atoms with Gasteiger partial charge in [-0.2, -0.15) is 0 Å². The Hall–Kier alpha value is -3.38. The Labute approximate surface area is 172 Å². The molecule has 0 bridgehead atoms. The molecule has 0 radical (unpaired) electrons. The van der Waals surface area contributed by atoms with Crippen molar-refractivity contribution in [3.63, 3.8) is 0 Å². The van der Waals surface area contributed by atoms with E-state index in [0.29, 0.717) is 30.1 Å². The molecule has 4 rings (SSSR count). The van der Waals surface area contributed by atoms with Crippen molar-refractivity contribution in [2.24, 2.45) is 0 Å². The Morgan fingerprint density at radius 2 is 1.69 bits per heavy atom. The van der Waals surface area contributed by atoms with Crippen LogP contribution in [0.5, 0.6) is 17.2 Å². The maximum absolute atomic E-state index is 12.3. The summed E-state index contributed by atoms with van der Waals surface area (Å²) in [4.78, 5) is 16.8. The van der Waals surface area contributed by atoms with Crippen molar-refractivity contribution < 1.29 is 14.3 Å². The lowest BCUT2D eigenvalue weighted by molar-refractivity contribution is -0.116. The summed E-state index contributed by atoms with van der Waals surface area (Å²) >= 11 is 1.63. The van der Waals surface area contributed by atoms with Gasteiger partial charge in [0, 0.05) is 18.5 Å². The van der Waals surface area contributed by atoms with Crippen molar-refractivity contribution >= 4 is 33.1 Å². The zero-order valence-corrected chi connectivity index (χ0v) is 16.7. The van der Waals surface area contributed by atoms with Gasteiger partial charge in [-0.3, -0.25) is 4.79 Å². The molecule has 6 heteroatoms. The van der Waals surface area contributed by atoms with Gasteiger partial charge in [0.05, 0.1) is 22.3 Å². The summed E-state index contributed by atoms with van der Waals surface area (Å²) in [6.07, 6.45) is 1.01. The highest BCUT2D eigenvalue weighted by atomic mass is 32.1. The molecule has 0 aliphatic heterocycles. The Balaban J connectivity index is 1.32. The molecular formula is C23H20N2O3S. The number of benzene rings is 3. The molecular weight excluding hydrogens is 384 g/mol. The number of carbonyl (C=O) groups is 1. The number of thiazole rings is 1. The van der Waals surface area contributed by atoms with E-state index in [1.807, 2.05) is 72.8 Å². The number of nitrogens with zero attached hydrogens (tertiary/aromatic N) is 1. The van der Waals surface area contributed by atoms with E-state index in [1.54, 1.807) is 18.4 Å². The van der Waals surface area contributed by atoms with E-state index < -0.39 is 0 Å². The van der Waals surface area contributed by atoms with Crippen molar-refractivity contribution in [2.75, 3.05) is 12.4 Å². The van der Waals surface area contributed by atoms with Gasteiger partial charge in [0.1, 0.15) is 5.75 Å². The molecule has 1 aromatic heterocycles. The zero-order valence-electron chi connectivity index (χ0n) is 15.9. The molecule has 1 heterocycles. The number of methoxy groups -OCH3 is 1. The third kappa shape index (κ3) is 4.73. The minimum absolute atomic E-state index is 0.0392. The standard InChI is InChI=1S/C23H20N2O3S/c1-27-19-7-3-4-8-20(19)28-17-12-10-16(11-13-17)24-22(26)14-15-23-25-18-6-2-5-9-21(18)29-23/h2-13H,14-15H2,1H3,(H,24,26). The predicted molar refractivity (Wildman–Crippen MR) is 116 cm³/mol. The third-order valence-electron chi connectivity index (χ3n) is 4.34. The molecule has 0 saturated carbocycles. The van der Waals surface area contributed by atoms with Gasteiger partial charge in [0.25, 0.3) is 0 Å². The summed E-state index contributed by atoms with van der Waals surface area (Å²) in [6, 6.07) is 22.7. The number of fused-ring (bicyclic) bond motifs is 1. The summed E-state index contributed by atoms with van der Waals surface area (Å²) < 4.78 is 12.3. The molecule has 0 fully saturated rings. The minimum atomic E-state index is -0.0392. The zero-order chi connectivity index (χ0) is 20.1. The van der Waals surface area contributed by atoms with Crippen molar-refractivity contribution in [2.45, 2.75) is 12.8 Å². The van der Waals surface area contributed by atoms with Gasteiger partial charge in [0.2, 0.25) is 5.91 Å². The first-order chi connectivity index (χ1) is 14.2. The molecule has 3 aromatic carbocycles. The Morgan fingerprint density at radius 1 is 0.966 bits per heavy atom. The van der Waals surface area contributed by atoms with Crippen LogP contribution < -0.4 is 14.8 Å². The van der Waals surface area contributed by atoms with Crippen molar-refractivity contribution in [3.05, 3.63) is 77.8 Å². The van der Waals surface area contributed by atoms with E-state index in [2.05, 4.69) is 10.3 Å². The van der Waals surface area contributed by atoms with Crippen LogP contribution in [-0.2, 0) is 11.2 Å². The van der Waals surface area contributed by atoms with E-state index >= 15 is 0 Å². The monoisotopic (exact) mass is 404 g/mol. The van der Waals surface area contributed by atoms with Crippen LogP contribution in [0.4, 0.5) is 5.69 Å². The van der Waals surface area contributed by atoms with Crippen LogP contribution in [0, 0.1) is 0 Å². The molecule has 0 aliphatic rings. The number of ether oxygens (including phenoxy) is 2. The number of rotatable bonds is 7. The highest BCUT2D eigenvalue weighted by Crippen LogP contribution is 2.31. The lowest BCUT2D eigenvalue weighted by Crippen LogP contribution is -2.12. The normalized spacial score (nSPS) is 10.7. The molecule has 0 aliphatic carbocycles. The molecule has 4 aromatic rings. The number of aryl methyl sites for hydroxylation is 1. The maximum atomic E-state index is 12.3. The summed E-state index contributed by atoms with van der Waals surface area (Å²) in [5.41, 5.74) is 1.71. The minimum Gasteiger partial charge on any atom is -0.493 e. The maximum Gasteiger partial charge on any atom is 0.224 e. The summed E-state index contributed by atoms with van der Waals surface area (Å²) in [6.45, 7) is 0. The van der Waals surface area contributed by atoms with Gasteiger partial charge >= 0.3 is 0 Å². The number of nitrogens with one attached hydrogen (secondary N) is 1. The van der Waals surface area contributed by atoms with E-state index in [-0.39, 0.29) is 5.91 Å². The molecule has 5 nitrogen and oxygen atoms in total. The van der Waals surface area contributed by atoms with Crippen molar-refractivity contribution in [3.8, 4) is 17.2 Å². The second-order valence-electron chi connectivity index (χ2n) is 6.40. The van der Waals surface area contributed by atoms with E-state index in [4.69, 9.17) is 9.47 Å². The Bertz CT molecular complexity index is 1090. The van der Waals surface area contributed by atoms with E-state index in [9.17, 15) is 4.79 Å². The van der Waals surface area contributed by atoms with Gasteiger partial charge in [-0.05, 0) is 48.5 Å². The number of amides is 1. The first kappa shape index (κ1) is 19.0. The Kier molecular flexibility index (Phi) is 5.72. The smallest absolute Gasteiger partial charge is 0.224 e. The lowest BCUT2D eigenvalue weighted by Gasteiger charge is -2.10. The molecule has 1 N–H and O–H groups in total. The van der Waals surface area contributed by atoms with Crippen LogP contribution in [-0.4, -0.2) is 18.0 Å². The van der Waals surface area contributed by atoms with Crippen molar-refractivity contribution in [1.82, 2.24) is 4.98 Å². The number of hydrogen-bond donors (Lipinski definition) is 1. The van der Waals surface area contributed by atoms with Gasteiger partial charge in [0.15, 0.2) is 11.5 Å². The number of carbonyl (C=O) groups excluding carboxylic acids is 1. The van der Waals surface area contributed by atoms with Gasteiger partial charge < -0.3 is 14.8 Å². The largest absolute Gasteiger partial charge is 0.493 e. The average molecular weight is 404 g/mol. The molecule has 1 amide bonds. The highest BCUT2D eigenvalue weighted by molar-refractivity contribution is 7.18. The number of para-hydroxylation sites is 3. The topological polar surface area (TPSA) is 60.5 Å². The third-order valence-corrected chi connectivity index (χ3v) is 5.44. The molecule has 0 unspecified atom stereocenters. The van der Waals surface area contributed by atoms with Gasteiger partial charge in [-0.15, -0.1) is 11.3 Å². The summed E-state index contributed by atoms with van der Waals surface area (Å²) in [7, 11) is 1.61. The van der Waals surface area contributed by atoms with Crippen LogP contribution in [0.15, 0.2) is 72.8 Å². The number of hydrogen-bond acceptors (Lipinski definition) is 5. The van der Waals surface area contributed by atoms with Crippen LogP contribution in [0.2, 0.25) is 0 Å². The van der Waals surface area contributed by atoms with Crippen LogP contribution in [0.3, 0.4) is 0 Å². The van der Waals surface area contributed by atoms with Gasteiger partial charge in [-0.1, -0.05) is 24.3 Å². The number of anilines is 1.